The molecule has 2 atom stereocenters. The Kier molecular flexibility index (Phi) is 6.84. The quantitative estimate of drug-likeness (QED) is 0.729. The van der Waals surface area contributed by atoms with E-state index in [0.717, 1.165) is 12.2 Å². The monoisotopic (exact) mass is 254 g/mol. The van der Waals surface area contributed by atoms with Crippen molar-refractivity contribution in [2.24, 2.45) is 5.92 Å². The van der Waals surface area contributed by atoms with Gasteiger partial charge in [-0.25, -0.2) is 0 Å². The van der Waals surface area contributed by atoms with Gasteiger partial charge in [0.1, 0.15) is 0 Å². The topological polar surface area (TPSA) is 27.0 Å². The van der Waals surface area contributed by atoms with Crippen LogP contribution in [0.2, 0.25) is 0 Å². The van der Waals surface area contributed by atoms with Crippen LogP contribution in [0, 0.1) is 17.2 Å². The molecule has 0 aromatic heterocycles. The molecule has 0 heterocycles. The summed E-state index contributed by atoms with van der Waals surface area (Å²) in [5, 5.41) is 8.49. The lowest BCUT2D eigenvalue weighted by Gasteiger charge is -2.28. The summed E-state index contributed by atoms with van der Waals surface area (Å²) >= 11 is 1.60. The van der Waals surface area contributed by atoms with Crippen LogP contribution in [0.5, 0.6) is 0 Å². The van der Waals surface area contributed by atoms with Crippen LogP contribution in [0.25, 0.3) is 0 Å². The van der Waals surface area contributed by atoms with Gasteiger partial charge in [0.05, 0.1) is 6.07 Å². The van der Waals surface area contributed by atoms with Gasteiger partial charge in [-0.3, -0.25) is 0 Å². The average molecular weight is 254 g/mol. The van der Waals surface area contributed by atoms with Gasteiger partial charge in [-0.05, 0) is 19.7 Å². The number of alkyl halides is 3. The third-order valence-electron chi connectivity index (χ3n) is 2.48. The molecule has 94 valence electrons. The molecule has 0 aliphatic heterocycles. The highest BCUT2D eigenvalue weighted by Gasteiger charge is 2.40. The molecule has 0 aromatic carbocycles. The Balaban J connectivity index is 4.40. The number of rotatable bonds is 6. The average Bonchev–Trinajstić information content (AvgIpc) is 2.20. The van der Waals surface area contributed by atoms with Crippen LogP contribution in [0.3, 0.4) is 0 Å². The van der Waals surface area contributed by atoms with Gasteiger partial charge in [-0.2, -0.15) is 30.2 Å². The van der Waals surface area contributed by atoms with Gasteiger partial charge in [0, 0.05) is 18.3 Å². The maximum atomic E-state index is 12.4. The van der Waals surface area contributed by atoms with Crippen LogP contribution >= 0.6 is 11.8 Å². The van der Waals surface area contributed by atoms with Gasteiger partial charge in [0.2, 0.25) is 0 Å². The summed E-state index contributed by atoms with van der Waals surface area (Å²) in [6.45, 7) is 1.69. The predicted molar refractivity (Wildman–Crippen MR) is 60.2 cm³/mol. The second kappa shape index (κ2) is 7.02. The van der Waals surface area contributed by atoms with Crippen molar-refractivity contribution < 1.29 is 13.2 Å². The van der Waals surface area contributed by atoms with Crippen molar-refractivity contribution in [3.63, 3.8) is 0 Å². The van der Waals surface area contributed by atoms with Crippen LogP contribution in [-0.2, 0) is 0 Å². The highest BCUT2D eigenvalue weighted by atomic mass is 32.2. The molecule has 0 aromatic rings. The highest BCUT2D eigenvalue weighted by Crippen LogP contribution is 2.27. The zero-order chi connectivity index (χ0) is 12.8. The summed E-state index contributed by atoms with van der Waals surface area (Å²) in [6, 6.07) is 1.41. The molecule has 16 heavy (non-hydrogen) atoms. The van der Waals surface area contributed by atoms with Crippen LogP contribution in [0.15, 0.2) is 0 Å². The van der Waals surface area contributed by atoms with Gasteiger partial charge in [0.15, 0.2) is 5.92 Å². The first-order chi connectivity index (χ1) is 7.36. The molecule has 2 unspecified atom stereocenters. The van der Waals surface area contributed by atoms with E-state index in [1.807, 2.05) is 13.2 Å². The van der Waals surface area contributed by atoms with Gasteiger partial charge >= 0.3 is 6.18 Å². The molecule has 0 amide bonds. The molecule has 0 saturated heterocycles. The van der Waals surface area contributed by atoms with Crippen LogP contribution in [-0.4, -0.2) is 42.7 Å². The van der Waals surface area contributed by atoms with Gasteiger partial charge in [-0.1, -0.05) is 6.92 Å². The molecule has 6 heteroatoms. The van der Waals surface area contributed by atoms with Crippen molar-refractivity contribution in [3.8, 4) is 6.07 Å². The zero-order valence-corrected chi connectivity index (χ0v) is 10.5. The zero-order valence-electron chi connectivity index (χ0n) is 9.71. The van der Waals surface area contributed by atoms with E-state index < -0.39 is 12.1 Å². The molecular formula is C10H17F3N2S. The van der Waals surface area contributed by atoms with Crippen molar-refractivity contribution in [3.05, 3.63) is 0 Å². The first kappa shape index (κ1) is 15.6. The van der Waals surface area contributed by atoms with E-state index in [-0.39, 0.29) is 12.6 Å². The number of halogens is 3. The summed E-state index contributed by atoms with van der Waals surface area (Å²) in [5.74, 6) is -1.11. The van der Waals surface area contributed by atoms with Gasteiger partial charge < -0.3 is 4.90 Å². The maximum Gasteiger partial charge on any atom is 0.405 e. The van der Waals surface area contributed by atoms with Crippen molar-refractivity contribution in [1.29, 1.82) is 5.26 Å². The minimum absolute atomic E-state index is 0.0909. The summed E-state index contributed by atoms with van der Waals surface area (Å²) in [7, 11) is 1.64. The first-order valence-corrected chi connectivity index (χ1v) is 6.41. The summed E-state index contributed by atoms with van der Waals surface area (Å²) in [4.78, 5) is 1.62. The maximum absolute atomic E-state index is 12.4. The van der Waals surface area contributed by atoms with E-state index in [0.29, 0.717) is 0 Å². The molecule has 0 spiro atoms. The largest absolute Gasteiger partial charge is 0.405 e. The summed E-state index contributed by atoms with van der Waals surface area (Å²) in [5.41, 5.74) is 0. The Bertz CT molecular complexity index is 237. The van der Waals surface area contributed by atoms with Gasteiger partial charge in [-0.15, -0.1) is 0 Å². The van der Waals surface area contributed by atoms with Crippen LogP contribution < -0.4 is 0 Å². The fourth-order valence-electron chi connectivity index (χ4n) is 1.40. The second-order valence-electron chi connectivity index (χ2n) is 3.68. The Morgan fingerprint density at radius 2 is 2.00 bits per heavy atom. The van der Waals surface area contributed by atoms with E-state index >= 15 is 0 Å². The number of thioether (sulfide) groups is 1. The molecule has 0 fully saturated rings. The minimum atomic E-state index is -4.43. The SMILES string of the molecule is CCC(CSC)N(C)CC(C#N)C(F)(F)F. The van der Waals surface area contributed by atoms with Crippen molar-refractivity contribution in [1.82, 2.24) is 4.90 Å². The Labute approximate surface area is 98.8 Å². The molecule has 0 N–H and O–H groups in total. The van der Waals surface area contributed by atoms with E-state index in [9.17, 15) is 13.2 Å². The highest BCUT2D eigenvalue weighted by molar-refractivity contribution is 7.98. The lowest BCUT2D eigenvalue weighted by Crippen LogP contribution is -2.40. The van der Waals surface area contributed by atoms with Gasteiger partial charge in [0.25, 0.3) is 0 Å². The minimum Gasteiger partial charge on any atom is -0.301 e. The molecule has 0 aliphatic carbocycles. The second-order valence-corrected chi connectivity index (χ2v) is 4.59. The number of hydrogen-bond acceptors (Lipinski definition) is 3. The van der Waals surface area contributed by atoms with Crippen LogP contribution in [0.1, 0.15) is 13.3 Å². The Morgan fingerprint density at radius 1 is 1.44 bits per heavy atom. The molecule has 0 rings (SSSR count). The molecular weight excluding hydrogens is 237 g/mol. The molecule has 0 radical (unpaired) electrons. The molecule has 0 saturated carbocycles. The fourth-order valence-corrected chi connectivity index (χ4v) is 2.28. The van der Waals surface area contributed by atoms with Crippen molar-refractivity contribution in [2.45, 2.75) is 25.6 Å². The fraction of sp³-hybridized carbons (Fsp3) is 0.900. The first-order valence-electron chi connectivity index (χ1n) is 5.02. The normalized spacial score (nSPS) is 15.9. The molecule has 2 nitrogen and oxygen atoms in total. The van der Waals surface area contributed by atoms with Crippen molar-refractivity contribution >= 4 is 11.8 Å². The number of nitrogens with zero attached hydrogens (tertiary/aromatic N) is 2. The third-order valence-corrected chi connectivity index (χ3v) is 3.19. The lowest BCUT2D eigenvalue weighted by atomic mass is 10.1. The van der Waals surface area contributed by atoms with E-state index in [4.69, 9.17) is 5.26 Å². The summed E-state index contributed by atoms with van der Waals surface area (Å²) in [6.07, 6.45) is -1.73. The molecule has 0 bridgehead atoms. The molecule has 0 aliphatic rings. The van der Waals surface area contributed by atoms with E-state index in [1.54, 1.807) is 23.7 Å². The standard InChI is InChI=1S/C10H17F3N2S/c1-4-9(7-16-3)15(2)6-8(5-14)10(11,12)13/h8-9H,4,6-7H2,1-3H3. The van der Waals surface area contributed by atoms with E-state index in [1.165, 1.54) is 6.07 Å². The summed E-state index contributed by atoms with van der Waals surface area (Å²) < 4.78 is 37.1. The van der Waals surface area contributed by atoms with E-state index in [2.05, 4.69) is 0 Å². The number of nitriles is 1. The third kappa shape index (κ3) is 5.08. The van der Waals surface area contributed by atoms with Crippen LogP contribution in [0.4, 0.5) is 13.2 Å². The smallest absolute Gasteiger partial charge is 0.301 e. The Morgan fingerprint density at radius 3 is 2.31 bits per heavy atom. The lowest BCUT2D eigenvalue weighted by molar-refractivity contribution is -0.163. The number of hydrogen-bond donors (Lipinski definition) is 0. The van der Waals surface area contributed by atoms with Crippen molar-refractivity contribution in [2.75, 3.05) is 25.6 Å². The predicted octanol–water partition coefficient (Wildman–Crippen LogP) is 2.76. The Hall–Kier alpha value is -0.410.